The quantitative estimate of drug-likeness (QED) is 0.187. The van der Waals surface area contributed by atoms with Gasteiger partial charge in [0, 0.05) is 29.8 Å². The van der Waals surface area contributed by atoms with Crippen molar-refractivity contribution < 1.29 is 38.2 Å². The third kappa shape index (κ3) is 9.91. The van der Waals surface area contributed by atoms with E-state index in [0.29, 0.717) is 36.6 Å². The lowest BCUT2D eigenvalue weighted by Gasteiger charge is -2.37. The van der Waals surface area contributed by atoms with Gasteiger partial charge >= 0.3 is 17.9 Å². The Morgan fingerprint density at radius 1 is 0.978 bits per heavy atom. The number of carbonyl (C=O) groups excluding carboxylic acids is 5. The van der Waals surface area contributed by atoms with E-state index in [9.17, 15) is 24.0 Å². The molecule has 3 fully saturated rings. The number of nitrogens with two attached hydrogens (primary N) is 1. The molecule has 1 heterocycles. The average molecular weight is 650 g/mol. The van der Waals surface area contributed by atoms with Gasteiger partial charge in [0.25, 0.3) is 0 Å². The molecule has 0 radical (unpaired) electrons. The SMILES string of the molecule is CC1C2CCC(C2)C1CC(CC(C)(CC(CC(C)(C)C(=O)NC(C)(C)C)C(=O)OCCN(C)C)C(=O)OC1CCOC1=O)C(N)=O. The Kier molecular flexibility index (Phi) is 12.3. The first-order valence-corrected chi connectivity index (χ1v) is 17.0. The summed E-state index contributed by atoms with van der Waals surface area (Å²) in [4.78, 5) is 68.4. The number of likely N-dealkylation sites (N-methyl/N-ethyl adjacent to an activating group) is 1. The zero-order valence-electron chi connectivity index (χ0n) is 29.6. The molecular formula is C35H59N3O8. The molecule has 0 aromatic carbocycles. The number of hydrogen-bond donors (Lipinski definition) is 2. The molecule has 262 valence electrons. The molecule has 3 rings (SSSR count). The van der Waals surface area contributed by atoms with Gasteiger partial charge in [-0.1, -0.05) is 20.8 Å². The molecule has 11 heteroatoms. The fraction of sp³-hybridized carbons (Fsp3) is 0.857. The van der Waals surface area contributed by atoms with Crippen LogP contribution < -0.4 is 11.1 Å². The number of carbonyl (C=O) groups is 5. The number of nitrogens with zero attached hydrogens (tertiary/aromatic N) is 1. The molecule has 0 spiro atoms. The van der Waals surface area contributed by atoms with Crippen molar-refractivity contribution in [3.8, 4) is 0 Å². The van der Waals surface area contributed by atoms with E-state index in [1.54, 1.807) is 20.8 Å². The Labute approximate surface area is 275 Å². The number of cyclic esters (lactones) is 1. The van der Waals surface area contributed by atoms with Crippen LogP contribution in [0.5, 0.6) is 0 Å². The van der Waals surface area contributed by atoms with Crippen LogP contribution in [0.2, 0.25) is 0 Å². The highest BCUT2D eigenvalue weighted by atomic mass is 16.6. The van der Waals surface area contributed by atoms with Crippen LogP contribution in [0.4, 0.5) is 0 Å². The second-order valence-electron chi connectivity index (χ2n) is 16.5. The molecule has 8 atom stereocenters. The zero-order chi connectivity index (χ0) is 34.6. The molecule has 2 saturated carbocycles. The van der Waals surface area contributed by atoms with Gasteiger partial charge < -0.3 is 30.2 Å². The number of ether oxygens (including phenoxy) is 3. The van der Waals surface area contributed by atoms with Gasteiger partial charge in [-0.15, -0.1) is 0 Å². The Balaban J connectivity index is 1.94. The van der Waals surface area contributed by atoms with Crippen LogP contribution in [0.25, 0.3) is 0 Å². The van der Waals surface area contributed by atoms with Crippen molar-refractivity contribution in [1.29, 1.82) is 0 Å². The predicted octanol–water partition coefficient (Wildman–Crippen LogP) is 3.86. The molecule has 2 aliphatic carbocycles. The number of fused-ring (bicyclic) bond motifs is 2. The van der Waals surface area contributed by atoms with Crippen molar-refractivity contribution in [2.45, 2.75) is 111 Å². The van der Waals surface area contributed by atoms with Crippen LogP contribution in [-0.4, -0.2) is 80.1 Å². The van der Waals surface area contributed by atoms with Crippen LogP contribution >= 0.6 is 0 Å². The number of rotatable bonds is 16. The van der Waals surface area contributed by atoms with E-state index in [2.05, 4.69) is 12.2 Å². The first-order chi connectivity index (χ1) is 21.2. The van der Waals surface area contributed by atoms with Gasteiger partial charge in [0.1, 0.15) is 6.61 Å². The largest absolute Gasteiger partial charge is 0.464 e. The van der Waals surface area contributed by atoms with E-state index >= 15 is 0 Å². The van der Waals surface area contributed by atoms with E-state index in [0.717, 1.165) is 12.8 Å². The molecule has 3 aliphatic rings. The fourth-order valence-electron chi connectivity index (χ4n) is 7.83. The second-order valence-corrected chi connectivity index (χ2v) is 16.5. The van der Waals surface area contributed by atoms with E-state index in [1.165, 1.54) is 6.42 Å². The van der Waals surface area contributed by atoms with Gasteiger partial charge in [0.05, 0.1) is 17.9 Å². The average Bonchev–Trinajstić information content (AvgIpc) is 3.64. The molecule has 1 saturated heterocycles. The lowest BCUT2D eigenvalue weighted by molar-refractivity contribution is -0.171. The normalized spacial score (nSPS) is 27.1. The lowest BCUT2D eigenvalue weighted by Crippen LogP contribution is -2.48. The third-order valence-electron chi connectivity index (χ3n) is 10.5. The number of amides is 2. The lowest BCUT2D eigenvalue weighted by atomic mass is 9.68. The van der Waals surface area contributed by atoms with Gasteiger partial charge in [-0.3, -0.25) is 19.2 Å². The summed E-state index contributed by atoms with van der Waals surface area (Å²) in [6.45, 7) is 13.9. The van der Waals surface area contributed by atoms with Crippen LogP contribution in [0, 0.1) is 46.3 Å². The van der Waals surface area contributed by atoms with Gasteiger partial charge in [0.15, 0.2) is 0 Å². The fourth-order valence-corrected chi connectivity index (χ4v) is 7.83. The molecule has 2 bridgehead atoms. The highest BCUT2D eigenvalue weighted by Gasteiger charge is 2.50. The summed E-state index contributed by atoms with van der Waals surface area (Å²) in [5.74, 6) is -2.10. The zero-order valence-corrected chi connectivity index (χ0v) is 29.6. The van der Waals surface area contributed by atoms with Gasteiger partial charge in [-0.05, 0) is 110 Å². The van der Waals surface area contributed by atoms with E-state index < -0.39 is 58.1 Å². The van der Waals surface area contributed by atoms with Crippen molar-refractivity contribution in [2.24, 2.45) is 52.1 Å². The van der Waals surface area contributed by atoms with Crippen molar-refractivity contribution in [3.63, 3.8) is 0 Å². The molecule has 0 aromatic heterocycles. The monoisotopic (exact) mass is 649 g/mol. The minimum Gasteiger partial charge on any atom is -0.464 e. The third-order valence-corrected chi connectivity index (χ3v) is 10.5. The molecule has 11 nitrogen and oxygen atoms in total. The Hall–Kier alpha value is -2.69. The summed E-state index contributed by atoms with van der Waals surface area (Å²) in [5, 5.41) is 3.00. The van der Waals surface area contributed by atoms with Crippen LogP contribution in [-0.2, 0) is 38.2 Å². The van der Waals surface area contributed by atoms with Gasteiger partial charge in [-0.25, -0.2) is 4.79 Å². The molecule has 1 aliphatic heterocycles. The maximum Gasteiger partial charge on any atom is 0.347 e. The molecular weight excluding hydrogens is 590 g/mol. The minimum absolute atomic E-state index is 0.0450. The number of nitrogens with one attached hydrogen (secondary N) is 1. The Morgan fingerprint density at radius 2 is 1.61 bits per heavy atom. The van der Waals surface area contributed by atoms with E-state index in [-0.39, 0.29) is 44.8 Å². The van der Waals surface area contributed by atoms with E-state index in [1.807, 2.05) is 39.8 Å². The number of hydrogen-bond acceptors (Lipinski definition) is 9. The Morgan fingerprint density at radius 3 is 2.13 bits per heavy atom. The van der Waals surface area contributed by atoms with Gasteiger partial charge in [-0.2, -0.15) is 0 Å². The first kappa shape index (κ1) is 37.8. The van der Waals surface area contributed by atoms with Crippen molar-refractivity contribution in [1.82, 2.24) is 10.2 Å². The minimum atomic E-state index is -1.38. The topological polar surface area (TPSA) is 154 Å². The molecule has 3 N–H and O–H groups in total. The summed E-state index contributed by atoms with van der Waals surface area (Å²) in [6.07, 6.45) is 3.35. The number of esters is 3. The van der Waals surface area contributed by atoms with Crippen LogP contribution in [0.1, 0.15) is 99.8 Å². The van der Waals surface area contributed by atoms with Crippen LogP contribution in [0.3, 0.4) is 0 Å². The van der Waals surface area contributed by atoms with Crippen molar-refractivity contribution in [2.75, 3.05) is 33.9 Å². The van der Waals surface area contributed by atoms with Crippen LogP contribution in [0.15, 0.2) is 0 Å². The second kappa shape index (κ2) is 15.0. The molecule has 2 amide bonds. The maximum absolute atomic E-state index is 14.1. The highest BCUT2D eigenvalue weighted by Crippen LogP contribution is 2.55. The molecule has 46 heavy (non-hydrogen) atoms. The maximum atomic E-state index is 14.1. The van der Waals surface area contributed by atoms with Crippen molar-refractivity contribution >= 4 is 29.7 Å². The summed E-state index contributed by atoms with van der Waals surface area (Å²) in [5.41, 5.74) is 3.15. The standard InChI is InChI=1S/C35H59N3O8/c1-21-22-10-11-23(16-22)26(21)17-24(28(36)39)19-35(7,32(43)46-27-12-14-44-30(27)41)20-25(29(40)45-15-13-38(8)9)18-34(5,6)31(42)37-33(2,3)4/h21-27H,10-20H2,1-9H3,(H2,36,39)(H,37,42). The smallest absolute Gasteiger partial charge is 0.347 e. The highest BCUT2D eigenvalue weighted by molar-refractivity contribution is 5.86. The molecule has 8 unspecified atom stereocenters. The van der Waals surface area contributed by atoms with Gasteiger partial charge in [0.2, 0.25) is 17.9 Å². The molecule has 0 aromatic rings. The summed E-state index contributed by atoms with van der Waals surface area (Å²) < 4.78 is 16.5. The summed E-state index contributed by atoms with van der Waals surface area (Å²) >= 11 is 0. The first-order valence-electron chi connectivity index (χ1n) is 17.0. The number of primary amides is 1. The summed E-state index contributed by atoms with van der Waals surface area (Å²) in [7, 11) is 3.74. The van der Waals surface area contributed by atoms with Crippen molar-refractivity contribution in [3.05, 3.63) is 0 Å². The summed E-state index contributed by atoms with van der Waals surface area (Å²) in [6, 6.07) is 0. The predicted molar refractivity (Wildman–Crippen MR) is 173 cm³/mol. The van der Waals surface area contributed by atoms with E-state index in [4.69, 9.17) is 19.9 Å². The Bertz CT molecular complexity index is 1130.